The highest BCUT2D eigenvalue weighted by atomic mass is 79.9. The van der Waals surface area contributed by atoms with Crippen LogP contribution in [0.4, 0.5) is 0 Å². The quantitative estimate of drug-likeness (QED) is 0.601. The summed E-state index contributed by atoms with van der Waals surface area (Å²) in [6.07, 6.45) is 1.26. The molecule has 78 valence electrons. The van der Waals surface area contributed by atoms with E-state index in [0.717, 1.165) is 6.42 Å². The first-order valence-electron chi connectivity index (χ1n) is 4.47. The Morgan fingerprint density at radius 1 is 1.62 bits per heavy atom. The van der Waals surface area contributed by atoms with Crippen LogP contribution in [-0.4, -0.2) is 28.1 Å². The molecule has 0 aromatic heterocycles. The molecule has 0 saturated carbocycles. The van der Waals surface area contributed by atoms with Crippen LogP contribution in [0.5, 0.6) is 0 Å². The number of hydrogen-bond acceptors (Lipinski definition) is 3. The van der Waals surface area contributed by atoms with Crippen LogP contribution < -0.4 is 0 Å². The molecular weight excluding hydrogens is 236 g/mol. The van der Waals surface area contributed by atoms with Crippen molar-refractivity contribution in [1.82, 2.24) is 0 Å². The molecule has 0 fully saturated rings. The van der Waals surface area contributed by atoms with Gasteiger partial charge in [-0.15, -0.1) is 0 Å². The molecule has 13 heavy (non-hydrogen) atoms. The third-order valence-corrected chi connectivity index (χ3v) is 2.88. The molecule has 0 radical (unpaired) electrons. The van der Waals surface area contributed by atoms with Crippen LogP contribution in [-0.2, 0) is 9.53 Å². The van der Waals surface area contributed by atoms with E-state index in [9.17, 15) is 9.90 Å². The topological polar surface area (TPSA) is 46.5 Å². The van der Waals surface area contributed by atoms with Crippen molar-refractivity contribution in [2.24, 2.45) is 0 Å². The molecule has 3 nitrogen and oxygen atoms in total. The molecule has 0 amide bonds. The molecular formula is C9H17BrO3. The maximum atomic E-state index is 11.2. The zero-order valence-corrected chi connectivity index (χ0v) is 9.93. The lowest BCUT2D eigenvalue weighted by atomic mass is 10.1. The number of carbonyl (C=O) groups excluding carboxylic acids is 1. The van der Waals surface area contributed by atoms with E-state index in [1.165, 1.54) is 6.92 Å². The minimum absolute atomic E-state index is 0.170. The normalized spacial score (nSPS) is 17.6. The number of esters is 1. The summed E-state index contributed by atoms with van der Waals surface area (Å²) in [6.45, 7) is 5.51. The second kappa shape index (κ2) is 5.60. The predicted octanol–water partition coefficient (Wildman–Crippen LogP) is 1.86. The van der Waals surface area contributed by atoms with Gasteiger partial charge in [0.25, 0.3) is 0 Å². The van der Waals surface area contributed by atoms with Gasteiger partial charge in [0.2, 0.25) is 0 Å². The van der Waals surface area contributed by atoms with Gasteiger partial charge in [0.05, 0.1) is 0 Å². The number of rotatable bonds is 5. The highest BCUT2D eigenvalue weighted by molar-refractivity contribution is 9.09. The fourth-order valence-electron chi connectivity index (χ4n) is 0.584. The summed E-state index contributed by atoms with van der Waals surface area (Å²) >= 11 is 3.34. The first-order valence-corrected chi connectivity index (χ1v) is 5.39. The SMILES string of the molecule is CCC(Br)COC(=O)C(C)(O)CC. The average molecular weight is 253 g/mol. The van der Waals surface area contributed by atoms with Gasteiger partial charge in [0.15, 0.2) is 5.60 Å². The van der Waals surface area contributed by atoms with Gasteiger partial charge in [0, 0.05) is 4.83 Å². The van der Waals surface area contributed by atoms with Gasteiger partial charge in [0.1, 0.15) is 6.61 Å². The van der Waals surface area contributed by atoms with Gasteiger partial charge in [-0.3, -0.25) is 0 Å². The zero-order chi connectivity index (χ0) is 10.5. The molecule has 2 atom stereocenters. The molecule has 0 aliphatic carbocycles. The summed E-state index contributed by atoms with van der Waals surface area (Å²) in [4.78, 5) is 11.4. The number of hydrogen-bond donors (Lipinski definition) is 1. The van der Waals surface area contributed by atoms with E-state index in [1.54, 1.807) is 6.92 Å². The molecule has 2 unspecified atom stereocenters. The standard InChI is InChI=1S/C9H17BrO3/c1-4-7(10)6-13-8(11)9(3,12)5-2/h7,12H,4-6H2,1-3H3. The summed E-state index contributed by atoms with van der Waals surface area (Å²) in [6, 6.07) is 0. The van der Waals surface area contributed by atoms with E-state index in [1.807, 2.05) is 6.92 Å². The lowest BCUT2D eigenvalue weighted by molar-refractivity contribution is -0.163. The molecule has 0 aliphatic rings. The van der Waals surface area contributed by atoms with Crippen LogP contribution in [0.15, 0.2) is 0 Å². The molecule has 0 aromatic rings. The van der Waals surface area contributed by atoms with Gasteiger partial charge in [-0.05, 0) is 19.8 Å². The largest absolute Gasteiger partial charge is 0.462 e. The average Bonchev–Trinajstić information content (AvgIpc) is 2.13. The number of ether oxygens (including phenoxy) is 1. The smallest absolute Gasteiger partial charge is 0.337 e. The minimum atomic E-state index is -1.35. The molecule has 4 heteroatoms. The predicted molar refractivity (Wildman–Crippen MR) is 54.9 cm³/mol. The summed E-state index contributed by atoms with van der Waals surface area (Å²) in [5, 5.41) is 9.49. The summed E-state index contributed by atoms with van der Waals surface area (Å²) in [5.41, 5.74) is -1.35. The monoisotopic (exact) mass is 252 g/mol. The fourth-order valence-corrected chi connectivity index (χ4v) is 0.716. The molecule has 1 N–H and O–H groups in total. The molecule has 0 saturated heterocycles. The molecule has 0 rings (SSSR count). The molecule has 0 spiro atoms. The Hall–Kier alpha value is -0.0900. The van der Waals surface area contributed by atoms with Crippen molar-refractivity contribution >= 4 is 21.9 Å². The third kappa shape index (κ3) is 4.62. The van der Waals surface area contributed by atoms with Crippen molar-refractivity contribution in [2.45, 2.75) is 44.0 Å². The van der Waals surface area contributed by atoms with Crippen molar-refractivity contribution in [2.75, 3.05) is 6.61 Å². The molecule has 0 aromatic carbocycles. The van der Waals surface area contributed by atoms with Crippen LogP contribution >= 0.6 is 15.9 Å². The van der Waals surface area contributed by atoms with Crippen molar-refractivity contribution in [1.29, 1.82) is 0 Å². The van der Waals surface area contributed by atoms with Gasteiger partial charge < -0.3 is 9.84 Å². The Kier molecular flexibility index (Phi) is 5.56. The first kappa shape index (κ1) is 12.9. The van der Waals surface area contributed by atoms with E-state index in [4.69, 9.17) is 4.74 Å². The van der Waals surface area contributed by atoms with Crippen LogP contribution in [0.3, 0.4) is 0 Å². The van der Waals surface area contributed by atoms with Crippen LogP contribution in [0.25, 0.3) is 0 Å². The lowest BCUT2D eigenvalue weighted by Crippen LogP contribution is -2.36. The van der Waals surface area contributed by atoms with Crippen molar-refractivity contribution in [3.8, 4) is 0 Å². The van der Waals surface area contributed by atoms with Crippen LogP contribution in [0.2, 0.25) is 0 Å². The summed E-state index contributed by atoms with van der Waals surface area (Å²) in [5.74, 6) is -0.548. The third-order valence-electron chi connectivity index (χ3n) is 1.97. The highest BCUT2D eigenvalue weighted by Gasteiger charge is 2.29. The summed E-state index contributed by atoms with van der Waals surface area (Å²) < 4.78 is 4.91. The zero-order valence-electron chi connectivity index (χ0n) is 8.34. The maximum Gasteiger partial charge on any atom is 0.337 e. The first-order chi connectivity index (χ1) is 5.94. The van der Waals surface area contributed by atoms with E-state index < -0.39 is 11.6 Å². The second-order valence-corrected chi connectivity index (χ2v) is 4.53. The maximum absolute atomic E-state index is 11.2. The van der Waals surface area contributed by atoms with E-state index in [2.05, 4.69) is 15.9 Å². The van der Waals surface area contributed by atoms with Crippen LogP contribution in [0.1, 0.15) is 33.6 Å². The lowest BCUT2D eigenvalue weighted by Gasteiger charge is -2.19. The Labute approximate surface area is 87.6 Å². The van der Waals surface area contributed by atoms with Gasteiger partial charge in [-0.2, -0.15) is 0 Å². The van der Waals surface area contributed by atoms with Crippen LogP contribution in [0, 0.1) is 0 Å². The summed E-state index contributed by atoms with van der Waals surface area (Å²) in [7, 11) is 0. The molecule has 0 heterocycles. The molecule has 0 aliphatic heterocycles. The van der Waals surface area contributed by atoms with Gasteiger partial charge >= 0.3 is 5.97 Å². The van der Waals surface area contributed by atoms with E-state index in [0.29, 0.717) is 13.0 Å². The molecule has 0 bridgehead atoms. The van der Waals surface area contributed by atoms with Gasteiger partial charge in [-0.25, -0.2) is 4.79 Å². The Morgan fingerprint density at radius 2 is 2.15 bits per heavy atom. The number of halogens is 1. The Balaban J connectivity index is 3.88. The van der Waals surface area contributed by atoms with Crippen molar-refractivity contribution < 1.29 is 14.6 Å². The van der Waals surface area contributed by atoms with Crippen molar-refractivity contribution in [3.63, 3.8) is 0 Å². The number of aliphatic hydroxyl groups is 1. The highest BCUT2D eigenvalue weighted by Crippen LogP contribution is 2.12. The number of alkyl halides is 1. The Morgan fingerprint density at radius 3 is 2.54 bits per heavy atom. The van der Waals surface area contributed by atoms with Gasteiger partial charge in [-0.1, -0.05) is 29.8 Å². The Bertz CT molecular complexity index is 168. The van der Waals surface area contributed by atoms with E-state index >= 15 is 0 Å². The van der Waals surface area contributed by atoms with E-state index in [-0.39, 0.29) is 4.83 Å². The minimum Gasteiger partial charge on any atom is -0.462 e. The van der Waals surface area contributed by atoms with Crippen molar-refractivity contribution in [3.05, 3.63) is 0 Å². The fraction of sp³-hybridized carbons (Fsp3) is 0.889. The second-order valence-electron chi connectivity index (χ2n) is 3.23. The number of carbonyl (C=O) groups is 1.